The first-order chi connectivity index (χ1) is 15.4. The number of hydrogen-bond acceptors (Lipinski definition) is 6. The number of nitrogens with zero attached hydrogens (tertiary/aromatic N) is 3. The Balaban J connectivity index is 1.42. The summed E-state index contributed by atoms with van der Waals surface area (Å²) in [7, 11) is 0. The number of hydrogen-bond donors (Lipinski definition) is 4. The van der Waals surface area contributed by atoms with Gasteiger partial charge in [0.25, 0.3) is 0 Å². The van der Waals surface area contributed by atoms with Gasteiger partial charge >= 0.3 is 6.03 Å². The van der Waals surface area contributed by atoms with Crippen molar-refractivity contribution in [3.63, 3.8) is 0 Å². The van der Waals surface area contributed by atoms with Crippen molar-refractivity contribution >= 4 is 35.2 Å². The summed E-state index contributed by atoms with van der Waals surface area (Å²) in [5.41, 5.74) is 2.63. The number of nitrogens with one attached hydrogen (secondary N) is 2. The summed E-state index contributed by atoms with van der Waals surface area (Å²) in [6, 6.07) is 4.73. The van der Waals surface area contributed by atoms with E-state index in [1.807, 2.05) is 6.20 Å². The van der Waals surface area contributed by atoms with Crippen LogP contribution in [0.1, 0.15) is 48.5 Å². The highest BCUT2D eigenvalue weighted by Crippen LogP contribution is 2.28. The summed E-state index contributed by atoms with van der Waals surface area (Å²) in [4.78, 5) is 23.7. The van der Waals surface area contributed by atoms with E-state index in [2.05, 4.69) is 20.6 Å². The minimum absolute atomic E-state index is 0.0772. The van der Waals surface area contributed by atoms with Gasteiger partial charge in [-0.2, -0.15) is 0 Å². The first kappa shape index (κ1) is 23.0. The van der Waals surface area contributed by atoms with Crippen LogP contribution in [0.2, 0.25) is 10.0 Å². The third-order valence-corrected chi connectivity index (χ3v) is 6.77. The van der Waals surface area contributed by atoms with E-state index in [0.717, 1.165) is 29.7 Å². The summed E-state index contributed by atoms with van der Waals surface area (Å²) in [6.07, 6.45) is 4.93. The number of anilines is 1. The van der Waals surface area contributed by atoms with Gasteiger partial charge in [-0.3, -0.25) is 0 Å². The molecular weight excluding hydrogens is 453 g/mol. The topological polar surface area (TPSA) is 111 Å². The molecule has 1 fully saturated rings. The molecule has 1 saturated carbocycles. The monoisotopic (exact) mass is 479 g/mol. The molecule has 0 bridgehead atoms. The molecule has 1 aromatic carbocycles. The third-order valence-electron chi connectivity index (χ3n) is 6.03. The van der Waals surface area contributed by atoms with Crippen LogP contribution >= 0.6 is 23.2 Å². The number of rotatable bonds is 6. The van der Waals surface area contributed by atoms with Crippen molar-refractivity contribution < 1.29 is 15.0 Å². The number of aliphatic hydroxyl groups is 2. The number of carbonyl (C=O) groups excluding carboxylic acids is 1. The van der Waals surface area contributed by atoms with Gasteiger partial charge < -0.3 is 25.7 Å². The van der Waals surface area contributed by atoms with Gasteiger partial charge in [-0.05, 0) is 55.4 Å². The highest BCUT2D eigenvalue weighted by Gasteiger charge is 2.27. The lowest BCUT2D eigenvalue weighted by Gasteiger charge is -2.30. The maximum absolute atomic E-state index is 13.0. The van der Waals surface area contributed by atoms with Crippen LogP contribution in [0.5, 0.6) is 0 Å². The molecule has 1 aliphatic heterocycles. The predicted octanol–water partition coefficient (Wildman–Crippen LogP) is 3.30. The quantitative estimate of drug-likeness (QED) is 0.505. The lowest BCUT2D eigenvalue weighted by Crippen LogP contribution is -2.44. The fourth-order valence-electron chi connectivity index (χ4n) is 4.24. The van der Waals surface area contributed by atoms with Crippen molar-refractivity contribution in [1.29, 1.82) is 0 Å². The lowest BCUT2D eigenvalue weighted by molar-refractivity contribution is 0.181. The second-order valence-electron chi connectivity index (χ2n) is 8.33. The minimum atomic E-state index is -0.389. The standard InChI is InChI=1S/C22H27Cl2N5O3/c23-17-4-1-13(9-18(17)24)19(6-8-30)28-22(32)29-7-5-14-11-25-21(27-20(14)12-29)26-15-2-3-16(31)10-15/h1,4,9,11,15-16,19,30-31H,2-3,5-8,10,12H2,(H,28,32)(H,25,26,27). The summed E-state index contributed by atoms with van der Waals surface area (Å²) in [5, 5.41) is 26.3. The Kier molecular flexibility index (Phi) is 7.35. The average molecular weight is 480 g/mol. The molecule has 8 nitrogen and oxygen atoms in total. The van der Waals surface area contributed by atoms with E-state index < -0.39 is 0 Å². The maximum Gasteiger partial charge on any atom is 0.318 e. The fourth-order valence-corrected chi connectivity index (χ4v) is 4.54. The molecular formula is C22H27Cl2N5O3. The second-order valence-corrected chi connectivity index (χ2v) is 9.15. The highest BCUT2D eigenvalue weighted by atomic mass is 35.5. The first-order valence-corrected chi connectivity index (χ1v) is 11.6. The van der Waals surface area contributed by atoms with Crippen molar-refractivity contribution in [3.05, 3.63) is 51.3 Å². The molecule has 3 unspecified atom stereocenters. The lowest BCUT2D eigenvalue weighted by atomic mass is 10.0. The van der Waals surface area contributed by atoms with E-state index in [0.29, 0.717) is 48.3 Å². The molecule has 2 aromatic rings. The van der Waals surface area contributed by atoms with Gasteiger partial charge in [0.05, 0.1) is 34.4 Å². The van der Waals surface area contributed by atoms with Crippen molar-refractivity contribution in [3.8, 4) is 0 Å². The SMILES string of the molecule is O=C(NC(CCO)c1ccc(Cl)c(Cl)c1)N1CCc2cnc(NC3CCC(O)C3)nc2C1. The molecule has 0 spiro atoms. The van der Waals surface area contributed by atoms with E-state index in [4.69, 9.17) is 23.2 Å². The number of carbonyl (C=O) groups is 1. The van der Waals surface area contributed by atoms with Crippen molar-refractivity contribution in [2.45, 2.75) is 56.8 Å². The van der Waals surface area contributed by atoms with Gasteiger partial charge in [0.1, 0.15) is 0 Å². The van der Waals surface area contributed by atoms with Crippen molar-refractivity contribution in [1.82, 2.24) is 20.2 Å². The molecule has 32 heavy (non-hydrogen) atoms. The summed E-state index contributed by atoms with van der Waals surface area (Å²) >= 11 is 12.1. The molecule has 2 heterocycles. The Hall–Kier alpha value is -2.13. The number of amides is 2. The normalized spacial score (nSPS) is 21.2. The van der Waals surface area contributed by atoms with E-state index in [1.165, 1.54) is 0 Å². The number of aliphatic hydroxyl groups excluding tert-OH is 2. The molecule has 1 aliphatic carbocycles. The third kappa shape index (κ3) is 5.43. The zero-order chi connectivity index (χ0) is 22.7. The number of halogens is 2. The molecule has 4 N–H and O–H groups in total. The van der Waals surface area contributed by atoms with E-state index in [1.54, 1.807) is 23.1 Å². The van der Waals surface area contributed by atoms with Crippen molar-refractivity contribution in [2.75, 3.05) is 18.5 Å². The molecule has 10 heteroatoms. The van der Waals surface area contributed by atoms with Crippen LogP contribution in [-0.2, 0) is 13.0 Å². The first-order valence-electron chi connectivity index (χ1n) is 10.8. The Labute approximate surface area is 197 Å². The van der Waals surface area contributed by atoms with Gasteiger partial charge in [-0.25, -0.2) is 14.8 Å². The maximum atomic E-state index is 13.0. The molecule has 1 aromatic heterocycles. The van der Waals surface area contributed by atoms with Gasteiger partial charge in [-0.1, -0.05) is 29.3 Å². The van der Waals surface area contributed by atoms with Crippen LogP contribution in [0, 0.1) is 0 Å². The second kappa shape index (κ2) is 10.2. The van der Waals surface area contributed by atoms with Crippen LogP contribution in [0.15, 0.2) is 24.4 Å². The molecule has 4 rings (SSSR count). The molecule has 3 atom stereocenters. The average Bonchev–Trinajstić information content (AvgIpc) is 3.19. The highest BCUT2D eigenvalue weighted by molar-refractivity contribution is 6.42. The number of urea groups is 1. The molecule has 172 valence electrons. The Morgan fingerprint density at radius 2 is 2.12 bits per heavy atom. The smallest absolute Gasteiger partial charge is 0.318 e. The summed E-state index contributed by atoms with van der Waals surface area (Å²) in [5.74, 6) is 0.527. The molecule has 2 amide bonds. The molecule has 0 saturated heterocycles. The largest absolute Gasteiger partial charge is 0.396 e. The van der Waals surface area contributed by atoms with E-state index in [-0.39, 0.29) is 30.8 Å². The van der Waals surface area contributed by atoms with Gasteiger partial charge in [0.2, 0.25) is 5.95 Å². The number of aromatic nitrogens is 2. The zero-order valence-corrected chi connectivity index (χ0v) is 19.1. The van der Waals surface area contributed by atoms with Crippen LogP contribution in [0.4, 0.5) is 10.7 Å². The van der Waals surface area contributed by atoms with Gasteiger partial charge in [0.15, 0.2) is 0 Å². The predicted molar refractivity (Wildman–Crippen MR) is 123 cm³/mol. The summed E-state index contributed by atoms with van der Waals surface area (Å²) < 4.78 is 0. The van der Waals surface area contributed by atoms with Crippen LogP contribution in [0.3, 0.4) is 0 Å². The number of benzene rings is 1. The Morgan fingerprint density at radius 3 is 2.84 bits per heavy atom. The minimum Gasteiger partial charge on any atom is -0.396 e. The van der Waals surface area contributed by atoms with Gasteiger partial charge in [-0.15, -0.1) is 0 Å². The fraction of sp³-hybridized carbons (Fsp3) is 0.500. The van der Waals surface area contributed by atoms with E-state index >= 15 is 0 Å². The van der Waals surface area contributed by atoms with E-state index in [9.17, 15) is 15.0 Å². The Bertz CT molecular complexity index is 977. The Morgan fingerprint density at radius 1 is 1.28 bits per heavy atom. The van der Waals surface area contributed by atoms with Crippen LogP contribution in [0.25, 0.3) is 0 Å². The van der Waals surface area contributed by atoms with Crippen LogP contribution in [-0.4, -0.2) is 56.4 Å². The van der Waals surface area contributed by atoms with Crippen molar-refractivity contribution in [2.24, 2.45) is 0 Å². The number of fused-ring (bicyclic) bond motifs is 1. The molecule has 2 aliphatic rings. The summed E-state index contributed by atoms with van der Waals surface area (Å²) in [6.45, 7) is 0.849. The van der Waals surface area contributed by atoms with Gasteiger partial charge in [0, 0.05) is 25.4 Å². The van der Waals surface area contributed by atoms with Crippen LogP contribution < -0.4 is 10.6 Å². The molecule has 0 radical (unpaired) electrons. The zero-order valence-electron chi connectivity index (χ0n) is 17.6.